The van der Waals surface area contributed by atoms with Crippen molar-refractivity contribution in [2.45, 2.75) is 39.5 Å². The number of aromatic nitrogens is 1. The van der Waals surface area contributed by atoms with Crippen molar-refractivity contribution in [1.82, 2.24) is 20.9 Å². The third-order valence-electron chi connectivity index (χ3n) is 5.05. The fourth-order valence-electron chi connectivity index (χ4n) is 3.26. The molecular weight excluding hydrogens is 360 g/mol. The lowest BCUT2D eigenvalue weighted by atomic mass is 9.96. The van der Waals surface area contributed by atoms with E-state index < -0.39 is 0 Å². The summed E-state index contributed by atoms with van der Waals surface area (Å²) < 4.78 is 10.9. The number of amides is 1. The Morgan fingerprint density at radius 3 is 2.61 bits per heavy atom. The van der Waals surface area contributed by atoms with Gasteiger partial charge in [0.1, 0.15) is 12.4 Å². The first kappa shape index (κ1) is 20.0. The molecule has 2 heterocycles. The van der Waals surface area contributed by atoms with Gasteiger partial charge in [-0.15, -0.1) is 0 Å². The summed E-state index contributed by atoms with van der Waals surface area (Å²) in [7, 11) is 1.76. The molecule has 0 saturated carbocycles. The van der Waals surface area contributed by atoms with Crippen LogP contribution in [-0.4, -0.2) is 47.4 Å². The highest BCUT2D eigenvalue weighted by atomic mass is 16.5. The highest BCUT2D eigenvalue weighted by molar-refractivity contribution is 5.94. The van der Waals surface area contributed by atoms with E-state index in [0.29, 0.717) is 29.5 Å². The number of rotatable bonds is 7. The van der Waals surface area contributed by atoms with Crippen LogP contribution in [-0.2, 0) is 6.61 Å². The van der Waals surface area contributed by atoms with Gasteiger partial charge in [-0.25, -0.2) is 0 Å². The Morgan fingerprint density at radius 2 is 1.93 bits per heavy atom. The SMILES string of the molecule is CC(=O)c1cccc(OCc2cc(C(=O)N(C)CC3C(C)NNC3C)no2)c1. The molecule has 1 aliphatic rings. The summed E-state index contributed by atoms with van der Waals surface area (Å²) in [6.45, 7) is 6.41. The minimum Gasteiger partial charge on any atom is -0.486 e. The van der Waals surface area contributed by atoms with Gasteiger partial charge >= 0.3 is 0 Å². The number of hydrogen-bond acceptors (Lipinski definition) is 7. The number of hydrazine groups is 1. The van der Waals surface area contributed by atoms with E-state index in [9.17, 15) is 9.59 Å². The summed E-state index contributed by atoms with van der Waals surface area (Å²) in [4.78, 5) is 25.7. The molecule has 28 heavy (non-hydrogen) atoms. The first-order chi connectivity index (χ1) is 13.3. The van der Waals surface area contributed by atoms with Gasteiger partial charge in [-0.1, -0.05) is 17.3 Å². The molecule has 0 radical (unpaired) electrons. The van der Waals surface area contributed by atoms with Crippen molar-refractivity contribution >= 4 is 11.7 Å². The number of nitrogens with one attached hydrogen (secondary N) is 2. The molecule has 150 valence electrons. The first-order valence-electron chi connectivity index (χ1n) is 9.31. The first-order valence-corrected chi connectivity index (χ1v) is 9.31. The van der Waals surface area contributed by atoms with Gasteiger partial charge in [0.15, 0.2) is 17.2 Å². The molecule has 0 spiro atoms. The number of carbonyl (C=O) groups excluding carboxylic acids is 2. The van der Waals surface area contributed by atoms with Crippen molar-refractivity contribution in [2.75, 3.05) is 13.6 Å². The predicted molar refractivity (Wildman–Crippen MR) is 103 cm³/mol. The van der Waals surface area contributed by atoms with Crippen molar-refractivity contribution in [1.29, 1.82) is 0 Å². The van der Waals surface area contributed by atoms with E-state index in [1.54, 1.807) is 42.3 Å². The molecule has 3 rings (SSSR count). The molecule has 1 aliphatic heterocycles. The Hall–Kier alpha value is -2.71. The minimum atomic E-state index is -0.195. The average Bonchev–Trinajstić information content (AvgIpc) is 3.28. The van der Waals surface area contributed by atoms with Crippen LogP contribution in [0.5, 0.6) is 5.75 Å². The van der Waals surface area contributed by atoms with Crippen LogP contribution < -0.4 is 15.6 Å². The Kier molecular flexibility index (Phi) is 6.11. The molecule has 2 N–H and O–H groups in total. The zero-order chi connectivity index (χ0) is 20.3. The number of benzene rings is 1. The molecule has 2 aromatic rings. The summed E-state index contributed by atoms with van der Waals surface area (Å²) in [5.74, 6) is 1.07. The van der Waals surface area contributed by atoms with Gasteiger partial charge in [0.25, 0.3) is 5.91 Å². The monoisotopic (exact) mass is 386 g/mol. The lowest BCUT2D eigenvalue weighted by Gasteiger charge is -2.24. The van der Waals surface area contributed by atoms with Crippen LogP contribution in [0.1, 0.15) is 47.4 Å². The second kappa shape index (κ2) is 8.53. The van der Waals surface area contributed by atoms with Crippen molar-refractivity contribution < 1.29 is 18.8 Å². The maximum absolute atomic E-state index is 12.6. The highest BCUT2D eigenvalue weighted by Crippen LogP contribution is 2.18. The smallest absolute Gasteiger partial charge is 0.275 e. The van der Waals surface area contributed by atoms with Gasteiger partial charge in [0.2, 0.25) is 0 Å². The van der Waals surface area contributed by atoms with Crippen molar-refractivity contribution in [3.8, 4) is 5.75 Å². The summed E-state index contributed by atoms with van der Waals surface area (Å²) >= 11 is 0. The van der Waals surface area contributed by atoms with E-state index in [-0.39, 0.29) is 36.1 Å². The largest absolute Gasteiger partial charge is 0.486 e. The topological polar surface area (TPSA) is 96.7 Å². The maximum atomic E-state index is 12.6. The molecular formula is C20H26N4O4. The Balaban J connectivity index is 1.58. The van der Waals surface area contributed by atoms with Crippen LogP contribution in [0.3, 0.4) is 0 Å². The quantitative estimate of drug-likeness (QED) is 0.703. The fourth-order valence-corrected chi connectivity index (χ4v) is 3.26. The number of carbonyl (C=O) groups is 2. The number of Topliss-reactive ketones (excluding diaryl/α,β-unsaturated/α-hetero) is 1. The Bertz CT molecular complexity index is 840. The lowest BCUT2D eigenvalue weighted by molar-refractivity contribution is 0.0756. The van der Waals surface area contributed by atoms with Gasteiger partial charge in [-0.05, 0) is 32.9 Å². The molecule has 1 fully saturated rings. The number of ether oxygens (including phenoxy) is 1. The molecule has 0 aliphatic carbocycles. The van der Waals surface area contributed by atoms with Crippen LogP contribution in [0.15, 0.2) is 34.9 Å². The van der Waals surface area contributed by atoms with Crippen LogP contribution in [0.4, 0.5) is 0 Å². The highest BCUT2D eigenvalue weighted by Gasteiger charge is 2.32. The second-order valence-electron chi connectivity index (χ2n) is 7.27. The third kappa shape index (κ3) is 4.58. The third-order valence-corrected chi connectivity index (χ3v) is 5.05. The van der Waals surface area contributed by atoms with Crippen molar-refractivity contribution in [2.24, 2.45) is 5.92 Å². The van der Waals surface area contributed by atoms with Crippen molar-refractivity contribution in [3.05, 3.63) is 47.3 Å². The summed E-state index contributed by atoms with van der Waals surface area (Å²) in [5.41, 5.74) is 7.21. The molecule has 1 aromatic heterocycles. The number of hydrogen-bond donors (Lipinski definition) is 2. The molecule has 1 amide bonds. The van der Waals surface area contributed by atoms with Gasteiger partial charge in [-0.2, -0.15) is 0 Å². The minimum absolute atomic E-state index is 0.0302. The lowest BCUT2D eigenvalue weighted by Crippen LogP contribution is -2.38. The van der Waals surface area contributed by atoms with E-state index in [1.807, 2.05) is 0 Å². The van der Waals surface area contributed by atoms with E-state index >= 15 is 0 Å². The predicted octanol–water partition coefficient (Wildman–Crippen LogP) is 2.03. The molecule has 0 bridgehead atoms. The molecule has 8 heteroatoms. The normalized spacial score (nSPS) is 21.5. The van der Waals surface area contributed by atoms with Crippen LogP contribution >= 0.6 is 0 Å². The van der Waals surface area contributed by atoms with Crippen LogP contribution in [0.25, 0.3) is 0 Å². The van der Waals surface area contributed by atoms with Gasteiger partial charge in [-0.3, -0.25) is 20.4 Å². The summed E-state index contributed by atoms with van der Waals surface area (Å²) in [6.07, 6.45) is 0. The molecule has 1 aromatic carbocycles. The van der Waals surface area contributed by atoms with Gasteiger partial charge < -0.3 is 14.2 Å². The standard InChI is InChI=1S/C20H26N4O4/c1-12-18(13(2)22-21-12)10-24(4)20(26)19-9-17(28-23-19)11-27-16-7-5-6-15(8-16)14(3)25/h5-9,12-13,18,21-22H,10-11H2,1-4H3. The molecule has 2 unspecified atom stereocenters. The zero-order valence-electron chi connectivity index (χ0n) is 16.6. The van der Waals surface area contributed by atoms with E-state index in [4.69, 9.17) is 9.26 Å². The van der Waals surface area contributed by atoms with Crippen LogP contribution in [0, 0.1) is 5.92 Å². The fraction of sp³-hybridized carbons (Fsp3) is 0.450. The Morgan fingerprint density at radius 1 is 1.21 bits per heavy atom. The summed E-state index contributed by atoms with van der Waals surface area (Å²) in [6, 6.07) is 9.05. The number of nitrogens with zero attached hydrogens (tertiary/aromatic N) is 2. The second-order valence-corrected chi connectivity index (χ2v) is 7.27. The maximum Gasteiger partial charge on any atom is 0.275 e. The van der Waals surface area contributed by atoms with Gasteiger partial charge in [0.05, 0.1) is 0 Å². The molecule has 8 nitrogen and oxygen atoms in total. The van der Waals surface area contributed by atoms with Crippen molar-refractivity contribution in [3.63, 3.8) is 0 Å². The molecule has 1 saturated heterocycles. The van der Waals surface area contributed by atoms with E-state index in [1.165, 1.54) is 6.92 Å². The van der Waals surface area contributed by atoms with E-state index in [2.05, 4.69) is 29.9 Å². The number of ketones is 1. The average molecular weight is 386 g/mol. The van der Waals surface area contributed by atoms with Gasteiger partial charge in [0, 0.05) is 43.2 Å². The summed E-state index contributed by atoms with van der Waals surface area (Å²) in [5, 5.41) is 3.88. The zero-order valence-corrected chi connectivity index (χ0v) is 16.6. The Labute approximate surface area is 164 Å². The molecule has 2 atom stereocenters. The van der Waals surface area contributed by atoms with E-state index in [0.717, 1.165) is 0 Å². The van der Waals surface area contributed by atoms with Crippen LogP contribution in [0.2, 0.25) is 0 Å².